The van der Waals surface area contributed by atoms with E-state index in [-0.39, 0.29) is 5.92 Å². The van der Waals surface area contributed by atoms with Gasteiger partial charge in [-0.3, -0.25) is 0 Å². The van der Waals surface area contributed by atoms with E-state index in [1.54, 1.807) is 0 Å². The molecule has 0 spiro atoms. The molecular formula is C62H48. The van der Waals surface area contributed by atoms with Gasteiger partial charge in [-0.15, -0.1) is 0 Å². The van der Waals surface area contributed by atoms with Crippen LogP contribution in [0.25, 0.3) is 61.2 Å². The summed E-state index contributed by atoms with van der Waals surface area (Å²) in [7, 11) is 0. The highest BCUT2D eigenvalue weighted by molar-refractivity contribution is 5.94. The van der Waals surface area contributed by atoms with Gasteiger partial charge in [-0.2, -0.15) is 0 Å². The SMILES string of the molecule is C=C(c1ccc(-c2ccccc2)cc1)c1cc(C(=C)c2ccc(-c3ccccc3)cc2)c(C(C)c2ccc(-c3ccccc3)cc2)cc1C(=C)c1ccc(-c2ccccc2)cc1. The standard InChI is InChI=1S/C62H48/c1-43(47-25-33-55(34-26-47)51-17-9-5-10-18-51)59-41-61(45(3)49-29-37-57(38-30-49)53-21-13-7-14-22-53)62(46(4)50-31-39-58(40-32-50)54-23-15-8-16-24-54)42-60(59)44(2)48-27-35-56(36-28-48)52-19-11-6-12-20-52/h5-42,46H,1-3H2,4H3. The monoisotopic (exact) mass is 792 g/mol. The summed E-state index contributed by atoms with van der Waals surface area (Å²) in [6.45, 7) is 16.8. The second kappa shape index (κ2) is 17.8. The number of hydrogen-bond donors (Lipinski definition) is 0. The first-order chi connectivity index (χ1) is 30.4. The van der Waals surface area contributed by atoms with Crippen LogP contribution in [0.4, 0.5) is 0 Å². The van der Waals surface area contributed by atoms with Crippen molar-refractivity contribution in [1.29, 1.82) is 0 Å². The van der Waals surface area contributed by atoms with Crippen molar-refractivity contribution >= 4 is 16.7 Å². The maximum Gasteiger partial charge on any atom is 0.00673 e. The Balaban J connectivity index is 1.18. The molecule has 0 aliphatic rings. The third-order valence-electron chi connectivity index (χ3n) is 12.2. The van der Waals surface area contributed by atoms with Crippen LogP contribution >= 0.6 is 0 Å². The van der Waals surface area contributed by atoms with E-state index < -0.39 is 0 Å². The van der Waals surface area contributed by atoms with E-state index in [1.165, 1.54) is 55.6 Å². The van der Waals surface area contributed by atoms with Gasteiger partial charge in [-0.1, -0.05) is 245 Å². The lowest BCUT2D eigenvalue weighted by Crippen LogP contribution is -2.06. The zero-order valence-electron chi connectivity index (χ0n) is 35.1. The molecule has 0 aliphatic carbocycles. The summed E-state index contributed by atoms with van der Waals surface area (Å²) in [6.07, 6.45) is 0. The Hall–Kier alpha value is -7.80. The predicted octanol–water partition coefficient (Wildman–Crippen LogP) is 16.7. The summed E-state index contributed by atoms with van der Waals surface area (Å²) in [6, 6.07) is 82.1. The molecule has 0 fully saturated rings. The molecule has 0 saturated heterocycles. The Morgan fingerprint density at radius 3 is 0.871 bits per heavy atom. The summed E-state index contributed by atoms with van der Waals surface area (Å²) in [5, 5.41) is 0. The molecule has 0 bridgehead atoms. The van der Waals surface area contributed by atoms with Crippen LogP contribution < -0.4 is 0 Å². The molecule has 0 nitrogen and oxygen atoms in total. The highest BCUT2D eigenvalue weighted by Crippen LogP contribution is 2.42. The van der Waals surface area contributed by atoms with Crippen molar-refractivity contribution < 1.29 is 0 Å². The van der Waals surface area contributed by atoms with E-state index in [0.29, 0.717) is 0 Å². The van der Waals surface area contributed by atoms with Gasteiger partial charge < -0.3 is 0 Å². The highest BCUT2D eigenvalue weighted by Gasteiger charge is 2.23. The van der Waals surface area contributed by atoms with Crippen molar-refractivity contribution in [2.45, 2.75) is 12.8 Å². The largest absolute Gasteiger partial charge is 0.0905 e. The van der Waals surface area contributed by atoms with Crippen LogP contribution in [0.5, 0.6) is 0 Å². The highest BCUT2D eigenvalue weighted by atomic mass is 14.3. The summed E-state index contributed by atoms with van der Waals surface area (Å²) in [5.41, 5.74) is 21.1. The minimum Gasteiger partial charge on any atom is -0.0905 e. The maximum absolute atomic E-state index is 4.83. The first kappa shape index (κ1) is 39.6. The van der Waals surface area contributed by atoms with E-state index in [0.717, 1.165) is 50.1 Å². The first-order valence-corrected chi connectivity index (χ1v) is 21.3. The molecule has 1 atom stereocenters. The zero-order chi connectivity index (χ0) is 42.4. The molecule has 9 aromatic carbocycles. The normalized spacial score (nSPS) is 11.4. The predicted molar refractivity (Wildman–Crippen MR) is 266 cm³/mol. The average Bonchev–Trinajstić information content (AvgIpc) is 3.36. The fourth-order valence-electron chi connectivity index (χ4n) is 8.46. The molecule has 62 heavy (non-hydrogen) atoms. The van der Waals surface area contributed by atoms with E-state index in [4.69, 9.17) is 19.7 Å². The average molecular weight is 793 g/mol. The van der Waals surface area contributed by atoms with Crippen LogP contribution in [0.2, 0.25) is 0 Å². The Bertz CT molecular complexity index is 2970. The number of hydrogen-bond acceptors (Lipinski definition) is 0. The minimum atomic E-state index is 0.0367. The lowest BCUT2D eigenvalue weighted by Gasteiger charge is -2.25. The van der Waals surface area contributed by atoms with E-state index >= 15 is 0 Å². The van der Waals surface area contributed by atoms with Gasteiger partial charge in [0.25, 0.3) is 0 Å². The van der Waals surface area contributed by atoms with Gasteiger partial charge in [0.1, 0.15) is 0 Å². The quantitative estimate of drug-likeness (QED) is 0.116. The summed E-state index contributed by atoms with van der Waals surface area (Å²) >= 11 is 0. The molecule has 9 aromatic rings. The second-order valence-electron chi connectivity index (χ2n) is 16.0. The van der Waals surface area contributed by atoms with Gasteiger partial charge in [0, 0.05) is 5.92 Å². The van der Waals surface area contributed by atoms with Gasteiger partial charge in [0.15, 0.2) is 0 Å². The van der Waals surface area contributed by atoms with Gasteiger partial charge >= 0.3 is 0 Å². The summed E-state index contributed by atoms with van der Waals surface area (Å²) < 4.78 is 0. The van der Waals surface area contributed by atoms with Crippen molar-refractivity contribution in [3.05, 3.63) is 295 Å². The lowest BCUT2D eigenvalue weighted by atomic mass is 9.79. The Kier molecular flexibility index (Phi) is 11.4. The van der Waals surface area contributed by atoms with Crippen molar-refractivity contribution in [3.63, 3.8) is 0 Å². The number of rotatable bonds is 12. The van der Waals surface area contributed by atoms with E-state index in [1.807, 2.05) is 0 Å². The third kappa shape index (κ3) is 8.33. The van der Waals surface area contributed by atoms with Crippen molar-refractivity contribution in [3.8, 4) is 44.5 Å². The van der Waals surface area contributed by atoms with Crippen LogP contribution in [-0.2, 0) is 0 Å². The molecule has 9 rings (SSSR count). The Morgan fingerprint density at radius 1 is 0.290 bits per heavy atom. The zero-order valence-corrected chi connectivity index (χ0v) is 35.1. The molecule has 296 valence electrons. The molecule has 0 N–H and O–H groups in total. The van der Waals surface area contributed by atoms with Gasteiger partial charge in [0.2, 0.25) is 0 Å². The fourth-order valence-corrected chi connectivity index (χ4v) is 8.46. The van der Waals surface area contributed by atoms with E-state index in [2.05, 4.69) is 237 Å². The first-order valence-electron chi connectivity index (χ1n) is 21.3. The topological polar surface area (TPSA) is 0 Å². The molecule has 0 aliphatic heterocycles. The molecule has 1 unspecified atom stereocenters. The fraction of sp³-hybridized carbons (Fsp3) is 0.0323. The Morgan fingerprint density at radius 2 is 0.548 bits per heavy atom. The van der Waals surface area contributed by atoms with Crippen LogP contribution in [0.1, 0.15) is 57.3 Å². The third-order valence-corrected chi connectivity index (χ3v) is 12.2. The maximum atomic E-state index is 4.83. The summed E-state index contributed by atoms with van der Waals surface area (Å²) in [4.78, 5) is 0. The number of benzene rings is 9. The molecule has 0 radical (unpaired) electrons. The second-order valence-corrected chi connectivity index (χ2v) is 16.0. The van der Waals surface area contributed by atoms with Crippen LogP contribution in [0.3, 0.4) is 0 Å². The van der Waals surface area contributed by atoms with Crippen molar-refractivity contribution in [2.75, 3.05) is 0 Å². The van der Waals surface area contributed by atoms with Crippen LogP contribution in [0.15, 0.2) is 250 Å². The molecular weight excluding hydrogens is 745 g/mol. The molecule has 0 aromatic heterocycles. The summed E-state index contributed by atoms with van der Waals surface area (Å²) in [5.74, 6) is 0.0367. The molecule has 0 saturated carbocycles. The van der Waals surface area contributed by atoms with Gasteiger partial charge in [0.05, 0.1) is 0 Å². The van der Waals surface area contributed by atoms with Gasteiger partial charge in [-0.05, 0) is 118 Å². The van der Waals surface area contributed by atoms with Crippen LogP contribution in [0, 0.1) is 0 Å². The molecule has 0 heteroatoms. The minimum absolute atomic E-state index is 0.0367. The lowest BCUT2D eigenvalue weighted by molar-refractivity contribution is 0.917. The van der Waals surface area contributed by atoms with Crippen LogP contribution in [-0.4, -0.2) is 0 Å². The van der Waals surface area contributed by atoms with Crippen molar-refractivity contribution in [2.24, 2.45) is 0 Å². The molecule has 0 heterocycles. The van der Waals surface area contributed by atoms with E-state index in [9.17, 15) is 0 Å². The Labute approximate surface area is 367 Å². The van der Waals surface area contributed by atoms with Gasteiger partial charge in [-0.25, -0.2) is 0 Å². The smallest absolute Gasteiger partial charge is 0.00673 e. The van der Waals surface area contributed by atoms with Crippen molar-refractivity contribution in [1.82, 2.24) is 0 Å². The molecule has 0 amide bonds.